The van der Waals surface area contributed by atoms with Gasteiger partial charge in [0.2, 0.25) is 0 Å². The van der Waals surface area contributed by atoms with Crippen molar-refractivity contribution < 1.29 is 4.74 Å². The van der Waals surface area contributed by atoms with Crippen molar-refractivity contribution in [3.8, 4) is 0 Å². The van der Waals surface area contributed by atoms with Crippen LogP contribution in [-0.2, 0) is 4.74 Å². The van der Waals surface area contributed by atoms with Crippen LogP contribution in [0.1, 0.15) is 50.0 Å². The van der Waals surface area contributed by atoms with Crippen molar-refractivity contribution in [1.29, 1.82) is 0 Å². The summed E-state index contributed by atoms with van der Waals surface area (Å²) < 4.78 is 5.86. The van der Waals surface area contributed by atoms with Crippen LogP contribution in [-0.4, -0.2) is 25.8 Å². The summed E-state index contributed by atoms with van der Waals surface area (Å²) in [4.78, 5) is 0. The fourth-order valence-electron chi connectivity index (χ4n) is 4.10. The summed E-state index contributed by atoms with van der Waals surface area (Å²) in [5, 5.41) is 3.54. The van der Waals surface area contributed by atoms with E-state index in [-0.39, 0.29) is 0 Å². The Balaban J connectivity index is 1.65. The average molecular weight is 273 g/mol. The topological polar surface area (TPSA) is 21.3 Å². The van der Waals surface area contributed by atoms with Gasteiger partial charge in [-0.15, -0.1) is 0 Å². The Morgan fingerprint density at radius 3 is 2.70 bits per heavy atom. The molecular weight excluding hydrogens is 246 g/mol. The molecular formula is C18H27NO. The molecule has 3 rings (SSSR count). The minimum atomic E-state index is 0.519. The molecule has 1 saturated heterocycles. The maximum atomic E-state index is 5.86. The van der Waals surface area contributed by atoms with Gasteiger partial charge in [0, 0.05) is 12.6 Å². The first-order valence-electron chi connectivity index (χ1n) is 8.20. The molecule has 1 heterocycles. The number of hydrogen-bond acceptors (Lipinski definition) is 2. The highest BCUT2D eigenvalue weighted by atomic mass is 16.5. The van der Waals surface area contributed by atoms with Gasteiger partial charge < -0.3 is 10.1 Å². The van der Waals surface area contributed by atoms with Crippen LogP contribution in [0.3, 0.4) is 0 Å². The smallest absolute Gasteiger partial charge is 0.0579 e. The summed E-state index contributed by atoms with van der Waals surface area (Å²) in [5.41, 5.74) is 1.53. The largest absolute Gasteiger partial charge is 0.378 e. The highest BCUT2D eigenvalue weighted by Gasteiger charge is 2.32. The van der Waals surface area contributed by atoms with Crippen molar-refractivity contribution in [2.45, 2.75) is 56.6 Å². The van der Waals surface area contributed by atoms with E-state index in [0.29, 0.717) is 12.1 Å². The molecule has 110 valence electrons. The lowest BCUT2D eigenvalue weighted by molar-refractivity contribution is 0.0733. The van der Waals surface area contributed by atoms with Crippen molar-refractivity contribution in [2.24, 2.45) is 5.92 Å². The van der Waals surface area contributed by atoms with Gasteiger partial charge in [0.1, 0.15) is 0 Å². The van der Waals surface area contributed by atoms with E-state index in [9.17, 15) is 0 Å². The summed E-state index contributed by atoms with van der Waals surface area (Å²) >= 11 is 0. The van der Waals surface area contributed by atoms with E-state index < -0.39 is 0 Å². The van der Waals surface area contributed by atoms with Crippen LogP contribution in [0.2, 0.25) is 0 Å². The first-order valence-corrected chi connectivity index (χ1v) is 8.20. The number of benzene rings is 1. The maximum absolute atomic E-state index is 5.86. The Morgan fingerprint density at radius 2 is 2.00 bits per heavy atom. The maximum Gasteiger partial charge on any atom is 0.0579 e. The summed E-state index contributed by atoms with van der Waals surface area (Å²) in [6.07, 6.45) is 8.22. The van der Waals surface area contributed by atoms with Crippen molar-refractivity contribution in [2.75, 3.05) is 13.7 Å². The van der Waals surface area contributed by atoms with Crippen LogP contribution in [0.25, 0.3) is 0 Å². The molecule has 2 aliphatic rings. The standard InChI is InChI=1S/C18H27NO/c1-19-18-10-9-15(14-6-3-2-4-7-14)12-16(18)13-17-8-5-11-20-17/h2-4,6-7,15-19H,5,8-13H2,1H3. The second-order valence-corrected chi connectivity index (χ2v) is 6.45. The highest BCUT2D eigenvalue weighted by Crippen LogP contribution is 2.39. The molecule has 4 unspecified atom stereocenters. The van der Waals surface area contributed by atoms with Gasteiger partial charge in [-0.3, -0.25) is 0 Å². The highest BCUT2D eigenvalue weighted by molar-refractivity contribution is 5.20. The molecule has 20 heavy (non-hydrogen) atoms. The Labute approximate surface area is 122 Å². The molecule has 2 nitrogen and oxygen atoms in total. The number of ether oxygens (including phenoxy) is 1. The molecule has 0 amide bonds. The van der Waals surface area contributed by atoms with Crippen molar-refractivity contribution in [3.05, 3.63) is 35.9 Å². The summed E-state index contributed by atoms with van der Waals surface area (Å²) in [5.74, 6) is 1.51. The van der Waals surface area contributed by atoms with Gasteiger partial charge in [-0.25, -0.2) is 0 Å². The Bertz CT molecular complexity index is 399. The van der Waals surface area contributed by atoms with Crippen LogP contribution in [0, 0.1) is 5.92 Å². The summed E-state index contributed by atoms with van der Waals surface area (Å²) in [6, 6.07) is 11.7. The zero-order valence-electron chi connectivity index (χ0n) is 12.6. The van der Waals surface area contributed by atoms with E-state index in [1.165, 1.54) is 44.1 Å². The van der Waals surface area contributed by atoms with Gasteiger partial charge in [0.05, 0.1) is 6.10 Å². The Hall–Kier alpha value is -0.860. The minimum Gasteiger partial charge on any atom is -0.378 e. The van der Waals surface area contributed by atoms with Gasteiger partial charge in [-0.05, 0) is 63.0 Å². The van der Waals surface area contributed by atoms with E-state index >= 15 is 0 Å². The molecule has 1 aliphatic heterocycles. The molecule has 1 aromatic rings. The lowest BCUT2D eigenvalue weighted by atomic mass is 9.73. The molecule has 1 aromatic carbocycles. The van der Waals surface area contributed by atoms with Gasteiger partial charge >= 0.3 is 0 Å². The van der Waals surface area contributed by atoms with Crippen molar-refractivity contribution >= 4 is 0 Å². The normalized spacial score (nSPS) is 34.2. The summed E-state index contributed by atoms with van der Waals surface area (Å²) in [7, 11) is 2.12. The fourth-order valence-corrected chi connectivity index (χ4v) is 4.10. The molecule has 0 spiro atoms. The SMILES string of the molecule is CNC1CCC(c2ccccc2)CC1CC1CCCO1. The van der Waals surface area contributed by atoms with E-state index in [1.807, 2.05) is 0 Å². The fraction of sp³-hybridized carbons (Fsp3) is 0.667. The third-order valence-electron chi connectivity index (χ3n) is 5.21. The van der Waals surface area contributed by atoms with E-state index in [1.54, 1.807) is 0 Å². The van der Waals surface area contributed by atoms with Gasteiger partial charge in [0.25, 0.3) is 0 Å². The van der Waals surface area contributed by atoms with E-state index in [0.717, 1.165) is 18.4 Å². The second-order valence-electron chi connectivity index (χ2n) is 6.45. The van der Waals surface area contributed by atoms with Crippen LogP contribution in [0.4, 0.5) is 0 Å². The van der Waals surface area contributed by atoms with Crippen LogP contribution < -0.4 is 5.32 Å². The Kier molecular flexibility index (Phi) is 4.74. The third-order valence-corrected chi connectivity index (χ3v) is 5.21. The first kappa shape index (κ1) is 14.1. The van der Waals surface area contributed by atoms with Crippen LogP contribution in [0.15, 0.2) is 30.3 Å². The third kappa shape index (κ3) is 3.24. The van der Waals surface area contributed by atoms with Crippen molar-refractivity contribution in [3.63, 3.8) is 0 Å². The first-order chi connectivity index (χ1) is 9.86. The minimum absolute atomic E-state index is 0.519. The number of nitrogens with one attached hydrogen (secondary N) is 1. The lowest BCUT2D eigenvalue weighted by Crippen LogP contribution is -2.39. The molecule has 2 heteroatoms. The van der Waals surface area contributed by atoms with E-state index in [2.05, 4.69) is 42.7 Å². The monoisotopic (exact) mass is 273 g/mol. The van der Waals surface area contributed by atoms with E-state index in [4.69, 9.17) is 4.74 Å². The molecule has 0 bridgehead atoms. The van der Waals surface area contributed by atoms with Gasteiger partial charge in [-0.1, -0.05) is 30.3 Å². The van der Waals surface area contributed by atoms with Gasteiger partial charge in [0.15, 0.2) is 0 Å². The molecule has 0 radical (unpaired) electrons. The van der Waals surface area contributed by atoms with Crippen LogP contribution in [0.5, 0.6) is 0 Å². The zero-order chi connectivity index (χ0) is 13.8. The van der Waals surface area contributed by atoms with Crippen molar-refractivity contribution in [1.82, 2.24) is 5.32 Å². The quantitative estimate of drug-likeness (QED) is 0.902. The molecule has 0 aromatic heterocycles. The predicted molar refractivity (Wildman–Crippen MR) is 83.0 cm³/mol. The number of hydrogen-bond donors (Lipinski definition) is 1. The number of rotatable bonds is 4. The molecule has 1 aliphatic carbocycles. The summed E-state index contributed by atoms with van der Waals surface area (Å²) in [6.45, 7) is 0.976. The molecule has 2 fully saturated rings. The zero-order valence-corrected chi connectivity index (χ0v) is 12.6. The molecule has 1 N–H and O–H groups in total. The van der Waals surface area contributed by atoms with Crippen LogP contribution >= 0.6 is 0 Å². The second kappa shape index (κ2) is 6.73. The average Bonchev–Trinajstić information content (AvgIpc) is 3.01. The predicted octanol–water partition coefficient (Wildman–Crippen LogP) is 3.73. The molecule has 4 atom stereocenters. The lowest BCUT2D eigenvalue weighted by Gasteiger charge is -2.37. The molecule has 1 saturated carbocycles. The van der Waals surface area contributed by atoms with Gasteiger partial charge in [-0.2, -0.15) is 0 Å². The Morgan fingerprint density at radius 1 is 1.15 bits per heavy atom.